The van der Waals surface area contributed by atoms with Crippen molar-refractivity contribution >= 4 is 17.9 Å². The van der Waals surface area contributed by atoms with Crippen molar-refractivity contribution in [1.82, 2.24) is 10.2 Å². The average Bonchev–Trinajstić information content (AvgIpc) is 2.87. The van der Waals surface area contributed by atoms with Crippen LogP contribution in [0.1, 0.15) is 32.3 Å². The number of ether oxygens (including phenoxy) is 2. The van der Waals surface area contributed by atoms with Crippen LogP contribution in [0.5, 0.6) is 5.75 Å². The van der Waals surface area contributed by atoms with E-state index in [1.54, 1.807) is 7.11 Å². The standard InChI is InChI=1S/C18H24N2O5/c1-4-18(5-2)16(22)20(17(23)19-18)12-15(21)25-11-10-13-6-8-14(24-3)9-7-13/h6-9H,4-5,10-12H2,1-3H3,(H,19,23). The van der Waals surface area contributed by atoms with Crippen LogP contribution in [0.4, 0.5) is 4.79 Å². The lowest BCUT2D eigenvalue weighted by molar-refractivity contribution is -0.147. The number of urea groups is 1. The van der Waals surface area contributed by atoms with Crippen LogP contribution >= 0.6 is 0 Å². The minimum Gasteiger partial charge on any atom is -0.497 e. The lowest BCUT2D eigenvalue weighted by atomic mass is 9.93. The summed E-state index contributed by atoms with van der Waals surface area (Å²) in [6.07, 6.45) is 1.51. The molecule has 0 aromatic heterocycles. The fourth-order valence-electron chi connectivity index (χ4n) is 2.80. The Morgan fingerprint density at radius 2 is 1.80 bits per heavy atom. The Hall–Kier alpha value is -2.57. The average molecular weight is 348 g/mol. The van der Waals surface area contributed by atoms with Crippen molar-refractivity contribution in [1.29, 1.82) is 0 Å². The zero-order valence-corrected chi connectivity index (χ0v) is 14.8. The highest BCUT2D eigenvalue weighted by Crippen LogP contribution is 2.24. The number of amides is 3. The molecule has 1 aliphatic heterocycles. The molecule has 1 aliphatic rings. The second-order valence-corrected chi connectivity index (χ2v) is 5.93. The number of hydrogen-bond acceptors (Lipinski definition) is 5. The van der Waals surface area contributed by atoms with E-state index in [9.17, 15) is 14.4 Å². The number of hydrogen-bond donors (Lipinski definition) is 1. The number of methoxy groups -OCH3 is 1. The maximum absolute atomic E-state index is 12.4. The molecule has 0 atom stereocenters. The minimum atomic E-state index is -0.902. The molecule has 25 heavy (non-hydrogen) atoms. The zero-order chi connectivity index (χ0) is 18.4. The maximum Gasteiger partial charge on any atom is 0.326 e. The van der Waals surface area contributed by atoms with Crippen LogP contribution in [-0.2, 0) is 20.7 Å². The largest absolute Gasteiger partial charge is 0.497 e. The van der Waals surface area contributed by atoms with Gasteiger partial charge in [0.1, 0.15) is 17.8 Å². The summed E-state index contributed by atoms with van der Waals surface area (Å²) in [5.74, 6) is -0.204. The smallest absolute Gasteiger partial charge is 0.326 e. The Bertz CT molecular complexity index is 637. The SMILES string of the molecule is CCC1(CC)NC(=O)N(CC(=O)OCCc2ccc(OC)cc2)C1=O. The number of carbonyl (C=O) groups is 3. The Morgan fingerprint density at radius 3 is 2.32 bits per heavy atom. The number of imide groups is 1. The first kappa shape index (κ1) is 18.8. The van der Waals surface area contributed by atoms with Gasteiger partial charge in [0.2, 0.25) is 0 Å². The third-order valence-electron chi connectivity index (χ3n) is 4.55. The van der Waals surface area contributed by atoms with E-state index < -0.39 is 17.5 Å². The summed E-state index contributed by atoms with van der Waals surface area (Å²) in [5.41, 5.74) is 0.0973. The Labute approximate surface area is 147 Å². The van der Waals surface area contributed by atoms with Crippen LogP contribution in [0, 0.1) is 0 Å². The molecule has 2 rings (SSSR count). The molecule has 7 nitrogen and oxygen atoms in total. The van der Waals surface area contributed by atoms with Crippen LogP contribution in [-0.4, -0.2) is 48.6 Å². The first-order chi connectivity index (χ1) is 12.0. The van der Waals surface area contributed by atoms with Gasteiger partial charge >= 0.3 is 12.0 Å². The lowest BCUT2D eigenvalue weighted by Gasteiger charge is -2.22. The molecule has 136 valence electrons. The van der Waals surface area contributed by atoms with E-state index in [4.69, 9.17) is 9.47 Å². The monoisotopic (exact) mass is 348 g/mol. The topological polar surface area (TPSA) is 84.9 Å². The van der Waals surface area contributed by atoms with Crippen molar-refractivity contribution < 1.29 is 23.9 Å². The maximum atomic E-state index is 12.4. The predicted octanol–water partition coefficient (Wildman–Crippen LogP) is 1.89. The van der Waals surface area contributed by atoms with E-state index in [1.165, 1.54) is 0 Å². The van der Waals surface area contributed by atoms with Gasteiger partial charge in [-0.2, -0.15) is 0 Å². The number of nitrogens with one attached hydrogen (secondary N) is 1. The predicted molar refractivity (Wildman–Crippen MR) is 91.2 cm³/mol. The van der Waals surface area contributed by atoms with E-state index in [-0.39, 0.29) is 19.1 Å². The third-order valence-corrected chi connectivity index (χ3v) is 4.55. The van der Waals surface area contributed by atoms with Gasteiger partial charge < -0.3 is 14.8 Å². The summed E-state index contributed by atoms with van der Waals surface area (Å²) < 4.78 is 10.2. The van der Waals surface area contributed by atoms with Gasteiger partial charge in [-0.1, -0.05) is 26.0 Å². The Balaban J connectivity index is 1.83. The van der Waals surface area contributed by atoms with Crippen LogP contribution in [0.25, 0.3) is 0 Å². The molecule has 1 fully saturated rings. The summed E-state index contributed by atoms with van der Waals surface area (Å²) in [6, 6.07) is 6.90. The molecule has 7 heteroatoms. The van der Waals surface area contributed by atoms with E-state index in [0.717, 1.165) is 16.2 Å². The third kappa shape index (κ3) is 4.10. The molecule has 1 N–H and O–H groups in total. The first-order valence-corrected chi connectivity index (χ1v) is 8.38. The molecule has 0 spiro atoms. The van der Waals surface area contributed by atoms with Crippen molar-refractivity contribution in [3.05, 3.63) is 29.8 Å². The highest BCUT2D eigenvalue weighted by Gasteiger charge is 2.49. The van der Waals surface area contributed by atoms with Gasteiger partial charge in [-0.3, -0.25) is 14.5 Å². The second-order valence-electron chi connectivity index (χ2n) is 5.93. The molecule has 1 aromatic rings. The minimum absolute atomic E-state index is 0.182. The first-order valence-electron chi connectivity index (χ1n) is 8.38. The zero-order valence-electron chi connectivity index (χ0n) is 14.8. The van der Waals surface area contributed by atoms with Crippen LogP contribution in [0.15, 0.2) is 24.3 Å². The number of rotatable bonds is 8. The number of nitrogens with zero attached hydrogens (tertiary/aromatic N) is 1. The molecular formula is C18H24N2O5. The normalized spacial score (nSPS) is 15.9. The number of carbonyl (C=O) groups excluding carboxylic acids is 3. The van der Waals surface area contributed by atoms with Crippen molar-refractivity contribution in [3.8, 4) is 5.75 Å². The summed E-state index contributed by atoms with van der Waals surface area (Å²) in [7, 11) is 1.60. The summed E-state index contributed by atoms with van der Waals surface area (Å²) in [6.45, 7) is 3.48. The molecule has 0 radical (unpaired) electrons. The van der Waals surface area contributed by atoms with Gasteiger partial charge in [0.05, 0.1) is 13.7 Å². The summed E-state index contributed by atoms with van der Waals surface area (Å²) >= 11 is 0. The molecule has 0 bridgehead atoms. The highest BCUT2D eigenvalue weighted by atomic mass is 16.5. The molecule has 1 saturated heterocycles. The lowest BCUT2D eigenvalue weighted by Crippen LogP contribution is -2.46. The number of esters is 1. The van der Waals surface area contributed by atoms with E-state index in [1.807, 2.05) is 38.1 Å². The van der Waals surface area contributed by atoms with Gasteiger partial charge in [-0.25, -0.2) is 4.79 Å². The van der Waals surface area contributed by atoms with Crippen LogP contribution in [0.2, 0.25) is 0 Å². The van der Waals surface area contributed by atoms with E-state index in [0.29, 0.717) is 19.3 Å². The molecule has 1 heterocycles. The fraction of sp³-hybridized carbons (Fsp3) is 0.500. The molecule has 0 unspecified atom stereocenters. The Morgan fingerprint density at radius 1 is 1.16 bits per heavy atom. The molecule has 1 aromatic carbocycles. The van der Waals surface area contributed by atoms with E-state index in [2.05, 4.69) is 5.32 Å². The highest BCUT2D eigenvalue weighted by molar-refractivity contribution is 6.08. The fourth-order valence-corrected chi connectivity index (χ4v) is 2.80. The van der Waals surface area contributed by atoms with Crippen LogP contribution in [0.3, 0.4) is 0 Å². The quantitative estimate of drug-likeness (QED) is 0.573. The van der Waals surface area contributed by atoms with Gasteiger partial charge in [0.15, 0.2) is 0 Å². The van der Waals surface area contributed by atoms with Gasteiger partial charge in [-0.05, 0) is 30.5 Å². The summed E-state index contributed by atoms with van der Waals surface area (Å²) in [4.78, 5) is 37.3. The van der Waals surface area contributed by atoms with Crippen molar-refractivity contribution in [2.75, 3.05) is 20.3 Å². The number of benzene rings is 1. The second kappa shape index (κ2) is 8.00. The van der Waals surface area contributed by atoms with Crippen molar-refractivity contribution in [2.45, 2.75) is 38.6 Å². The Kier molecular flexibility index (Phi) is 6.01. The summed E-state index contributed by atoms with van der Waals surface area (Å²) in [5, 5.41) is 2.68. The van der Waals surface area contributed by atoms with Gasteiger partial charge in [-0.15, -0.1) is 0 Å². The molecular weight excluding hydrogens is 324 g/mol. The van der Waals surface area contributed by atoms with Gasteiger partial charge in [0, 0.05) is 6.42 Å². The van der Waals surface area contributed by atoms with E-state index >= 15 is 0 Å². The molecule has 3 amide bonds. The van der Waals surface area contributed by atoms with Gasteiger partial charge in [0.25, 0.3) is 5.91 Å². The van der Waals surface area contributed by atoms with Crippen LogP contribution < -0.4 is 10.1 Å². The molecule has 0 aliphatic carbocycles. The molecule has 0 saturated carbocycles. The van der Waals surface area contributed by atoms with Crippen molar-refractivity contribution in [2.24, 2.45) is 0 Å². The van der Waals surface area contributed by atoms with Crippen molar-refractivity contribution in [3.63, 3.8) is 0 Å².